The molecule has 1 heterocycles. The summed E-state index contributed by atoms with van der Waals surface area (Å²) in [6.45, 7) is 0.622. The lowest BCUT2D eigenvalue weighted by atomic mass is 9.92. The van der Waals surface area contributed by atoms with Gasteiger partial charge in [0.2, 0.25) is 11.8 Å². The maximum absolute atomic E-state index is 11.2. The van der Waals surface area contributed by atoms with Crippen LogP contribution in [0.15, 0.2) is 0 Å². The highest BCUT2D eigenvalue weighted by molar-refractivity contribution is 5.81. The second-order valence-corrected chi connectivity index (χ2v) is 3.40. The van der Waals surface area contributed by atoms with Gasteiger partial charge in [-0.15, -0.1) is 0 Å². The molecule has 0 saturated carbocycles. The van der Waals surface area contributed by atoms with E-state index in [1.807, 2.05) is 0 Å². The minimum Gasteiger partial charge on any atom is -0.376 e. The molecule has 0 unspecified atom stereocenters. The maximum atomic E-state index is 11.2. The minimum atomic E-state index is -0.610. The molecule has 14 heavy (non-hydrogen) atoms. The third-order valence-corrected chi connectivity index (χ3v) is 1.95. The average molecular weight is 202 g/mol. The monoisotopic (exact) mass is 202 g/mol. The first-order valence-electron chi connectivity index (χ1n) is 4.24. The fraction of sp³-hybridized carbons (Fsp3) is 0.750. The van der Waals surface area contributed by atoms with Gasteiger partial charge in [-0.3, -0.25) is 9.59 Å². The molecular weight excluding hydrogens is 188 g/mol. The zero-order valence-electron chi connectivity index (χ0n) is 8.04. The Morgan fingerprint density at radius 1 is 1.57 bits per heavy atom. The lowest BCUT2D eigenvalue weighted by Gasteiger charge is -2.41. The first-order chi connectivity index (χ1) is 6.58. The molecule has 3 N–H and O–H groups in total. The van der Waals surface area contributed by atoms with Crippen LogP contribution in [0.2, 0.25) is 0 Å². The van der Waals surface area contributed by atoms with E-state index < -0.39 is 11.4 Å². The molecule has 1 aliphatic rings. The summed E-state index contributed by atoms with van der Waals surface area (Å²) in [6, 6.07) is 0. The first kappa shape index (κ1) is 10.9. The fourth-order valence-electron chi connectivity index (χ4n) is 1.36. The van der Waals surface area contributed by atoms with Crippen molar-refractivity contribution in [3.63, 3.8) is 0 Å². The zero-order chi connectivity index (χ0) is 10.6. The second kappa shape index (κ2) is 4.39. The van der Waals surface area contributed by atoms with Gasteiger partial charge in [-0.05, 0) is 0 Å². The zero-order valence-corrected chi connectivity index (χ0v) is 8.04. The van der Waals surface area contributed by atoms with Crippen molar-refractivity contribution in [3.8, 4) is 0 Å². The third-order valence-electron chi connectivity index (χ3n) is 1.95. The lowest BCUT2D eigenvalue weighted by Crippen LogP contribution is -2.64. The van der Waals surface area contributed by atoms with Crippen LogP contribution < -0.4 is 11.1 Å². The van der Waals surface area contributed by atoms with Crippen molar-refractivity contribution in [2.24, 2.45) is 5.73 Å². The van der Waals surface area contributed by atoms with Crippen LogP contribution in [-0.2, 0) is 19.1 Å². The quantitative estimate of drug-likeness (QED) is 0.561. The molecule has 6 heteroatoms. The van der Waals surface area contributed by atoms with E-state index in [4.69, 9.17) is 10.5 Å². The van der Waals surface area contributed by atoms with Gasteiger partial charge in [0.25, 0.3) is 0 Å². The topological polar surface area (TPSA) is 90.6 Å². The Morgan fingerprint density at radius 3 is 2.57 bits per heavy atom. The molecule has 6 nitrogen and oxygen atoms in total. The van der Waals surface area contributed by atoms with Gasteiger partial charge in [0.1, 0.15) is 6.61 Å². The van der Waals surface area contributed by atoms with Crippen LogP contribution in [0.4, 0.5) is 0 Å². The second-order valence-electron chi connectivity index (χ2n) is 3.40. The number of hydrogen-bond acceptors (Lipinski definition) is 4. The van der Waals surface area contributed by atoms with Crippen molar-refractivity contribution in [3.05, 3.63) is 0 Å². The van der Waals surface area contributed by atoms with Crippen molar-refractivity contribution >= 4 is 11.8 Å². The number of carbonyl (C=O) groups excluding carboxylic acids is 2. The Kier molecular flexibility index (Phi) is 3.43. The highest BCUT2D eigenvalue weighted by atomic mass is 16.5. The highest BCUT2D eigenvalue weighted by Gasteiger charge is 2.41. The number of nitrogens with one attached hydrogen (secondary N) is 1. The molecule has 1 rings (SSSR count). The Bertz CT molecular complexity index is 237. The van der Waals surface area contributed by atoms with Crippen LogP contribution in [0.5, 0.6) is 0 Å². The summed E-state index contributed by atoms with van der Waals surface area (Å²) >= 11 is 0. The van der Waals surface area contributed by atoms with Gasteiger partial charge in [-0.1, -0.05) is 0 Å². The number of carbonyl (C=O) groups is 2. The number of rotatable bonds is 5. The molecule has 0 bridgehead atoms. The van der Waals surface area contributed by atoms with E-state index in [-0.39, 0.29) is 18.9 Å². The summed E-state index contributed by atoms with van der Waals surface area (Å²) in [4.78, 5) is 21.9. The van der Waals surface area contributed by atoms with Gasteiger partial charge < -0.3 is 20.5 Å². The van der Waals surface area contributed by atoms with Gasteiger partial charge in [0, 0.05) is 7.11 Å². The predicted molar refractivity (Wildman–Crippen MR) is 47.4 cm³/mol. The van der Waals surface area contributed by atoms with Crippen LogP contribution in [0.1, 0.15) is 6.42 Å². The highest BCUT2D eigenvalue weighted by Crippen LogP contribution is 2.20. The summed E-state index contributed by atoms with van der Waals surface area (Å²) in [6.07, 6.45) is 0.0997. The van der Waals surface area contributed by atoms with Gasteiger partial charge >= 0.3 is 0 Å². The van der Waals surface area contributed by atoms with Crippen molar-refractivity contribution in [2.45, 2.75) is 12.0 Å². The number of nitrogens with two attached hydrogens (primary N) is 1. The summed E-state index contributed by atoms with van der Waals surface area (Å²) in [5, 5.41) is 2.67. The Labute approximate surface area is 81.7 Å². The summed E-state index contributed by atoms with van der Waals surface area (Å²) in [7, 11) is 1.43. The largest absolute Gasteiger partial charge is 0.376 e. The van der Waals surface area contributed by atoms with Crippen LogP contribution in [-0.4, -0.2) is 44.3 Å². The van der Waals surface area contributed by atoms with E-state index in [1.165, 1.54) is 7.11 Å². The van der Waals surface area contributed by atoms with E-state index in [0.29, 0.717) is 13.2 Å². The molecule has 0 radical (unpaired) electrons. The van der Waals surface area contributed by atoms with E-state index in [1.54, 1.807) is 0 Å². The average Bonchev–Trinajstić information content (AvgIpc) is 1.99. The molecule has 1 fully saturated rings. The molecule has 1 aliphatic heterocycles. The number of methoxy groups -OCH3 is 1. The predicted octanol–water partition coefficient (Wildman–Crippen LogP) is -1.61. The number of amides is 2. The minimum absolute atomic E-state index is 0.0273. The van der Waals surface area contributed by atoms with Gasteiger partial charge in [-0.2, -0.15) is 0 Å². The molecule has 2 amide bonds. The van der Waals surface area contributed by atoms with Crippen molar-refractivity contribution < 1.29 is 19.1 Å². The molecular formula is C8H14N2O4. The number of hydrogen-bond donors (Lipinski definition) is 2. The third kappa shape index (κ3) is 2.68. The van der Waals surface area contributed by atoms with Gasteiger partial charge in [-0.25, -0.2) is 0 Å². The Morgan fingerprint density at radius 2 is 2.21 bits per heavy atom. The fourth-order valence-corrected chi connectivity index (χ4v) is 1.36. The molecule has 0 aliphatic carbocycles. The van der Waals surface area contributed by atoms with Crippen molar-refractivity contribution in [1.82, 2.24) is 5.32 Å². The molecule has 80 valence electrons. The normalized spacial score (nSPS) is 18.4. The Balaban J connectivity index is 2.45. The smallest absolute Gasteiger partial charge is 0.246 e. The maximum Gasteiger partial charge on any atom is 0.246 e. The van der Waals surface area contributed by atoms with Crippen molar-refractivity contribution in [2.75, 3.05) is 26.9 Å². The first-order valence-corrected chi connectivity index (χ1v) is 4.24. The molecule has 0 aromatic heterocycles. The van der Waals surface area contributed by atoms with E-state index >= 15 is 0 Å². The molecule has 0 spiro atoms. The van der Waals surface area contributed by atoms with E-state index in [9.17, 15) is 9.59 Å². The van der Waals surface area contributed by atoms with Crippen LogP contribution in [0, 0.1) is 0 Å². The van der Waals surface area contributed by atoms with Crippen LogP contribution in [0.3, 0.4) is 0 Å². The lowest BCUT2D eigenvalue weighted by molar-refractivity contribution is -0.140. The summed E-state index contributed by atoms with van der Waals surface area (Å²) in [5.41, 5.74) is 4.45. The van der Waals surface area contributed by atoms with Crippen molar-refractivity contribution in [1.29, 1.82) is 0 Å². The molecule has 0 atom stereocenters. The number of ether oxygens (including phenoxy) is 2. The Hall–Kier alpha value is -1.14. The van der Waals surface area contributed by atoms with Gasteiger partial charge in [0.15, 0.2) is 0 Å². The molecule has 0 aromatic rings. The molecule has 1 saturated heterocycles. The standard InChI is InChI=1S/C8H14N2O4/c1-13-3-7(12)10-8(2-6(9)11)4-14-5-8/h2-5H2,1H3,(H2,9,11)(H,10,12). The van der Waals surface area contributed by atoms with E-state index in [0.717, 1.165) is 0 Å². The summed E-state index contributed by atoms with van der Waals surface area (Å²) < 4.78 is 9.61. The number of primary amides is 1. The van der Waals surface area contributed by atoms with Crippen LogP contribution >= 0.6 is 0 Å². The SMILES string of the molecule is COCC(=O)NC1(CC(N)=O)COC1. The molecule has 0 aromatic carbocycles. The summed E-state index contributed by atoms with van der Waals surface area (Å²) in [5.74, 6) is -0.719. The van der Waals surface area contributed by atoms with Crippen LogP contribution in [0.25, 0.3) is 0 Å². The van der Waals surface area contributed by atoms with Gasteiger partial charge in [0.05, 0.1) is 25.2 Å². The van der Waals surface area contributed by atoms with E-state index in [2.05, 4.69) is 10.1 Å².